The van der Waals surface area contributed by atoms with Gasteiger partial charge in [0.05, 0.1) is 6.61 Å². The number of ether oxygens (including phenoxy) is 1. The minimum absolute atomic E-state index is 0.000415. The Kier molecular flexibility index (Phi) is 4.63. The van der Waals surface area contributed by atoms with Gasteiger partial charge in [-0.25, -0.2) is 0 Å². The number of aliphatic hydroxyl groups excluding tert-OH is 1. The molecular formula is C14H20N2O3. The molecule has 1 saturated carbocycles. The van der Waals surface area contributed by atoms with Crippen LogP contribution in [0.5, 0.6) is 5.75 Å². The van der Waals surface area contributed by atoms with Crippen LogP contribution in [0, 0.1) is 0 Å². The number of amides is 1. The van der Waals surface area contributed by atoms with Crippen LogP contribution in [-0.2, 0) is 4.79 Å². The molecule has 0 unspecified atom stereocenters. The third-order valence-electron chi connectivity index (χ3n) is 3.42. The van der Waals surface area contributed by atoms with Gasteiger partial charge >= 0.3 is 0 Å². The van der Waals surface area contributed by atoms with Crippen molar-refractivity contribution >= 4 is 11.6 Å². The van der Waals surface area contributed by atoms with Crippen molar-refractivity contribution in [2.75, 3.05) is 25.5 Å². The first-order valence-electron chi connectivity index (χ1n) is 6.59. The molecule has 1 amide bonds. The summed E-state index contributed by atoms with van der Waals surface area (Å²) >= 11 is 0. The second kappa shape index (κ2) is 6.43. The third-order valence-corrected chi connectivity index (χ3v) is 3.42. The summed E-state index contributed by atoms with van der Waals surface area (Å²) < 4.78 is 5.44. The van der Waals surface area contributed by atoms with E-state index in [9.17, 15) is 4.79 Å². The first kappa shape index (κ1) is 13.7. The molecule has 0 heterocycles. The summed E-state index contributed by atoms with van der Waals surface area (Å²) in [5.74, 6) is 0.552. The van der Waals surface area contributed by atoms with E-state index >= 15 is 0 Å². The van der Waals surface area contributed by atoms with Crippen molar-refractivity contribution in [3.63, 3.8) is 0 Å². The van der Waals surface area contributed by atoms with Crippen molar-refractivity contribution in [3.05, 3.63) is 24.3 Å². The van der Waals surface area contributed by atoms with E-state index in [2.05, 4.69) is 0 Å². The van der Waals surface area contributed by atoms with E-state index in [1.54, 1.807) is 29.2 Å². The van der Waals surface area contributed by atoms with Crippen molar-refractivity contribution < 1.29 is 14.6 Å². The highest BCUT2D eigenvalue weighted by Crippen LogP contribution is 2.24. The zero-order chi connectivity index (χ0) is 13.7. The van der Waals surface area contributed by atoms with Gasteiger partial charge in [0.25, 0.3) is 5.91 Å². The number of nitrogens with two attached hydrogens (primary N) is 1. The van der Waals surface area contributed by atoms with Gasteiger partial charge in [0.1, 0.15) is 5.75 Å². The molecule has 0 aromatic heterocycles. The van der Waals surface area contributed by atoms with Gasteiger partial charge in [0.15, 0.2) is 6.61 Å². The van der Waals surface area contributed by atoms with E-state index in [-0.39, 0.29) is 25.2 Å². The lowest BCUT2D eigenvalue weighted by Gasteiger charge is -2.37. The lowest BCUT2D eigenvalue weighted by molar-refractivity contribution is -0.138. The Morgan fingerprint density at radius 1 is 1.37 bits per heavy atom. The van der Waals surface area contributed by atoms with Gasteiger partial charge in [-0.1, -0.05) is 0 Å². The summed E-state index contributed by atoms with van der Waals surface area (Å²) in [5, 5.41) is 9.02. The number of hydrogen-bond acceptors (Lipinski definition) is 4. The fourth-order valence-corrected chi connectivity index (χ4v) is 2.11. The van der Waals surface area contributed by atoms with E-state index in [4.69, 9.17) is 15.6 Å². The summed E-state index contributed by atoms with van der Waals surface area (Å²) in [6.45, 7) is 0.374. The summed E-state index contributed by atoms with van der Waals surface area (Å²) in [4.78, 5) is 13.8. The molecule has 1 aliphatic carbocycles. The highest BCUT2D eigenvalue weighted by atomic mass is 16.5. The minimum atomic E-state index is -0.0735. The predicted octanol–water partition coefficient (Wildman–Crippen LogP) is 1.02. The Bertz CT molecular complexity index is 415. The maximum Gasteiger partial charge on any atom is 0.260 e. The number of nitrogen functional groups attached to an aromatic ring is 1. The Balaban J connectivity index is 1.86. The molecule has 0 aliphatic heterocycles. The molecule has 1 fully saturated rings. The van der Waals surface area contributed by atoms with Crippen molar-refractivity contribution in [2.45, 2.75) is 25.3 Å². The monoisotopic (exact) mass is 264 g/mol. The molecular weight excluding hydrogens is 244 g/mol. The van der Waals surface area contributed by atoms with Crippen LogP contribution >= 0.6 is 0 Å². The topological polar surface area (TPSA) is 75.8 Å². The lowest BCUT2D eigenvalue weighted by Crippen LogP contribution is -2.47. The number of hydrogen-bond donors (Lipinski definition) is 2. The van der Waals surface area contributed by atoms with E-state index in [0.29, 0.717) is 18.0 Å². The molecule has 19 heavy (non-hydrogen) atoms. The quantitative estimate of drug-likeness (QED) is 0.752. The largest absolute Gasteiger partial charge is 0.484 e. The molecule has 0 bridgehead atoms. The zero-order valence-electron chi connectivity index (χ0n) is 10.9. The minimum Gasteiger partial charge on any atom is -0.484 e. The average Bonchev–Trinajstić information content (AvgIpc) is 2.35. The molecule has 0 spiro atoms. The van der Waals surface area contributed by atoms with Gasteiger partial charge in [0, 0.05) is 18.3 Å². The van der Waals surface area contributed by atoms with Crippen molar-refractivity contribution in [1.82, 2.24) is 4.90 Å². The molecule has 0 radical (unpaired) electrons. The smallest absolute Gasteiger partial charge is 0.260 e. The van der Waals surface area contributed by atoms with Crippen LogP contribution in [0.25, 0.3) is 0 Å². The fourth-order valence-electron chi connectivity index (χ4n) is 2.11. The molecule has 1 aromatic rings. The number of nitrogens with zero attached hydrogens (tertiary/aromatic N) is 1. The van der Waals surface area contributed by atoms with Crippen LogP contribution in [0.3, 0.4) is 0 Å². The van der Waals surface area contributed by atoms with Crippen molar-refractivity contribution in [3.8, 4) is 5.75 Å². The van der Waals surface area contributed by atoms with Crippen LogP contribution in [-0.4, -0.2) is 41.7 Å². The van der Waals surface area contributed by atoms with Gasteiger partial charge in [-0.2, -0.15) is 0 Å². The van der Waals surface area contributed by atoms with E-state index in [0.717, 1.165) is 19.3 Å². The van der Waals surface area contributed by atoms with Crippen LogP contribution in [0.2, 0.25) is 0 Å². The Hall–Kier alpha value is -1.75. The van der Waals surface area contributed by atoms with Gasteiger partial charge < -0.3 is 20.5 Å². The molecule has 3 N–H and O–H groups in total. The Labute approximate surface area is 113 Å². The summed E-state index contributed by atoms with van der Waals surface area (Å²) in [6.07, 6.45) is 3.19. The van der Waals surface area contributed by atoms with Crippen LogP contribution in [0.4, 0.5) is 5.69 Å². The number of rotatable bonds is 6. The van der Waals surface area contributed by atoms with E-state index < -0.39 is 0 Å². The average molecular weight is 264 g/mol. The third kappa shape index (κ3) is 3.61. The number of anilines is 1. The zero-order valence-corrected chi connectivity index (χ0v) is 10.9. The van der Waals surface area contributed by atoms with Gasteiger partial charge in [-0.3, -0.25) is 4.79 Å². The maximum absolute atomic E-state index is 12.1. The summed E-state index contributed by atoms with van der Waals surface area (Å²) in [6, 6.07) is 7.22. The highest BCUT2D eigenvalue weighted by Gasteiger charge is 2.28. The molecule has 5 nitrogen and oxygen atoms in total. The second-order valence-corrected chi connectivity index (χ2v) is 4.75. The molecule has 2 rings (SSSR count). The van der Waals surface area contributed by atoms with Gasteiger partial charge in [-0.05, 0) is 43.5 Å². The SMILES string of the molecule is Nc1ccc(OCC(=O)N(CCO)C2CCC2)cc1. The molecule has 0 atom stereocenters. The maximum atomic E-state index is 12.1. The fraction of sp³-hybridized carbons (Fsp3) is 0.500. The van der Waals surface area contributed by atoms with Gasteiger partial charge in [-0.15, -0.1) is 0 Å². The van der Waals surface area contributed by atoms with Crippen LogP contribution < -0.4 is 10.5 Å². The first-order valence-corrected chi connectivity index (χ1v) is 6.59. The second-order valence-electron chi connectivity index (χ2n) is 4.75. The van der Waals surface area contributed by atoms with Crippen LogP contribution in [0.15, 0.2) is 24.3 Å². The summed E-state index contributed by atoms with van der Waals surface area (Å²) in [5.41, 5.74) is 6.24. The number of benzene rings is 1. The van der Waals surface area contributed by atoms with Crippen molar-refractivity contribution in [2.24, 2.45) is 0 Å². The molecule has 1 aromatic carbocycles. The van der Waals surface area contributed by atoms with Crippen molar-refractivity contribution in [1.29, 1.82) is 0 Å². The number of carbonyl (C=O) groups excluding carboxylic acids is 1. The molecule has 104 valence electrons. The Morgan fingerprint density at radius 3 is 2.58 bits per heavy atom. The molecule has 0 saturated heterocycles. The first-order chi connectivity index (χ1) is 9.20. The van der Waals surface area contributed by atoms with Crippen LogP contribution in [0.1, 0.15) is 19.3 Å². The van der Waals surface area contributed by atoms with E-state index in [1.165, 1.54) is 0 Å². The lowest BCUT2D eigenvalue weighted by atomic mass is 9.91. The van der Waals surface area contributed by atoms with Gasteiger partial charge in [0.2, 0.25) is 0 Å². The summed E-state index contributed by atoms with van der Waals surface area (Å²) in [7, 11) is 0. The highest BCUT2D eigenvalue weighted by molar-refractivity contribution is 5.78. The normalized spacial score (nSPS) is 14.8. The molecule has 1 aliphatic rings. The predicted molar refractivity (Wildman–Crippen MR) is 72.8 cm³/mol. The number of aliphatic hydroxyl groups is 1. The Morgan fingerprint density at radius 2 is 2.05 bits per heavy atom. The molecule has 5 heteroatoms. The number of carbonyl (C=O) groups is 1. The van der Waals surface area contributed by atoms with E-state index in [1.807, 2.05) is 0 Å². The standard InChI is InChI=1S/C14H20N2O3/c15-11-4-6-13(7-5-11)19-10-14(18)16(8-9-17)12-2-1-3-12/h4-7,12,17H,1-3,8-10,15H2.